The van der Waals surface area contributed by atoms with Crippen molar-refractivity contribution < 1.29 is 13.9 Å². The Labute approximate surface area is 150 Å². The number of aromatic nitrogens is 3. The van der Waals surface area contributed by atoms with Crippen molar-refractivity contribution in [2.45, 2.75) is 25.5 Å². The molecule has 6 nitrogen and oxygen atoms in total. The number of rotatable bonds is 7. The van der Waals surface area contributed by atoms with Gasteiger partial charge in [0.2, 0.25) is 5.89 Å². The van der Waals surface area contributed by atoms with Crippen LogP contribution in [0.3, 0.4) is 0 Å². The fourth-order valence-corrected chi connectivity index (χ4v) is 3.17. The lowest BCUT2D eigenvalue weighted by molar-refractivity contribution is 0.102. The minimum absolute atomic E-state index is 0.0433. The first-order valence-electron chi connectivity index (χ1n) is 7.82. The zero-order valence-electron chi connectivity index (χ0n) is 14.3. The second-order valence-electron chi connectivity index (χ2n) is 5.69. The van der Waals surface area contributed by atoms with Crippen LogP contribution in [0.2, 0.25) is 0 Å². The molecule has 1 aromatic carbocycles. The number of ether oxygens (including phenoxy) is 1. The van der Waals surface area contributed by atoms with E-state index in [0.29, 0.717) is 23.1 Å². The molecule has 0 unspecified atom stereocenters. The predicted molar refractivity (Wildman–Crippen MR) is 95.4 cm³/mol. The lowest BCUT2D eigenvalue weighted by Crippen LogP contribution is -2.02. The standard InChI is InChI=1S/C18H19N3O3S/c1-11-8-15(12(2)19-11)16(22)10-25-18-21-20-17(24-18)9-13-4-6-14(23-3)7-5-13/h4-8,19H,9-10H2,1-3H3. The van der Waals surface area contributed by atoms with E-state index in [1.165, 1.54) is 11.8 Å². The number of aromatic amines is 1. The average molecular weight is 357 g/mol. The van der Waals surface area contributed by atoms with Crippen molar-refractivity contribution in [1.29, 1.82) is 0 Å². The van der Waals surface area contributed by atoms with Crippen molar-refractivity contribution in [3.63, 3.8) is 0 Å². The van der Waals surface area contributed by atoms with Gasteiger partial charge in [0.1, 0.15) is 5.75 Å². The zero-order valence-corrected chi connectivity index (χ0v) is 15.1. The van der Waals surface area contributed by atoms with E-state index < -0.39 is 0 Å². The van der Waals surface area contributed by atoms with E-state index in [0.717, 1.165) is 22.7 Å². The molecule has 0 amide bonds. The summed E-state index contributed by atoms with van der Waals surface area (Å²) in [6.45, 7) is 3.82. The van der Waals surface area contributed by atoms with Crippen molar-refractivity contribution in [2.24, 2.45) is 0 Å². The van der Waals surface area contributed by atoms with Gasteiger partial charge in [0.25, 0.3) is 5.22 Å². The van der Waals surface area contributed by atoms with Gasteiger partial charge >= 0.3 is 0 Å². The summed E-state index contributed by atoms with van der Waals surface area (Å²) in [7, 11) is 1.63. The minimum Gasteiger partial charge on any atom is -0.497 e. The number of nitrogens with one attached hydrogen (secondary N) is 1. The number of carbonyl (C=O) groups excluding carboxylic acids is 1. The molecule has 0 fully saturated rings. The normalized spacial score (nSPS) is 10.8. The molecule has 0 saturated heterocycles. The number of benzene rings is 1. The quantitative estimate of drug-likeness (QED) is 0.514. The Morgan fingerprint density at radius 3 is 2.64 bits per heavy atom. The van der Waals surface area contributed by atoms with Gasteiger partial charge in [-0.15, -0.1) is 10.2 Å². The van der Waals surface area contributed by atoms with Crippen LogP contribution in [-0.4, -0.2) is 33.8 Å². The molecule has 0 spiro atoms. The van der Waals surface area contributed by atoms with Gasteiger partial charge in [0, 0.05) is 17.0 Å². The van der Waals surface area contributed by atoms with E-state index in [1.54, 1.807) is 7.11 Å². The van der Waals surface area contributed by atoms with Crippen molar-refractivity contribution in [3.05, 3.63) is 58.7 Å². The summed E-state index contributed by atoms with van der Waals surface area (Å²) in [5, 5.41) is 8.45. The number of carbonyl (C=O) groups is 1. The molecule has 0 radical (unpaired) electrons. The number of aryl methyl sites for hydroxylation is 2. The van der Waals surface area contributed by atoms with E-state index >= 15 is 0 Å². The van der Waals surface area contributed by atoms with Crippen LogP contribution in [-0.2, 0) is 6.42 Å². The highest BCUT2D eigenvalue weighted by Crippen LogP contribution is 2.21. The highest BCUT2D eigenvalue weighted by Gasteiger charge is 2.14. The van der Waals surface area contributed by atoms with E-state index in [4.69, 9.17) is 9.15 Å². The maximum absolute atomic E-state index is 12.3. The second kappa shape index (κ2) is 7.57. The summed E-state index contributed by atoms with van der Waals surface area (Å²) in [6, 6.07) is 9.55. The fourth-order valence-electron chi connectivity index (χ4n) is 2.50. The maximum Gasteiger partial charge on any atom is 0.277 e. The molecular formula is C18H19N3O3S. The van der Waals surface area contributed by atoms with Crippen LogP contribution in [0, 0.1) is 13.8 Å². The number of Topliss-reactive ketones (excluding diaryl/α,β-unsaturated/α-hetero) is 1. The Bertz CT molecular complexity index is 868. The molecule has 2 aromatic heterocycles. The monoisotopic (exact) mass is 357 g/mol. The SMILES string of the molecule is COc1ccc(Cc2nnc(SCC(=O)c3cc(C)[nH]c3C)o2)cc1. The lowest BCUT2D eigenvalue weighted by atomic mass is 10.1. The summed E-state index contributed by atoms with van der Waals surface area (Å²) < 4.78 is 10.8. The van der Waals surface area contributed by atoms with Crippen molar-refractivity contribution in [3.8, 4) is 5.75 Å². The number of H-pyrrole nitrogens is 1. The highest BCUT2D eigenvalue weighted by molar-refractivity contribution is 7.99. The van der Waals surface area contributed by atoms with E-state index in [-0.39, 0.29) is 11.5 Å². The topological polar surface area (TPSA) is 81.0 Å². The Balaban J connectivity index is 1.57. The van der Waals surface area contributed by atoms with Crippen LogP contribution >= 0.6 is 11.8 Å². The molecule has 3 aromatic rings. The molecule has 3 rings (SSSR count). The molecule has 2 heterocycles. The first kappa shape index (κ1) is 17.3. The van der Waals surface area contributed by atoms with Crippen LogP contribution in [0.25, 0.3) is 0 Å². The Morgan fingerprint density at radius 2 is 2.00 bits per heavy atom. The zero-order chi connectivity index (χ0) is 17.8. The molecule has 0 atom stereocenters. The number of ketones is 1. The molecule has 130 valence electrons. The average Bonchev–Trinajstić information content (AvgIpc) is 3.19. The molecule has 7 heteroatoms. The molecule has 1 N–H and O–H groups in total. The van der Waals surface area contributed by atoms with Gasteiger partial charge in [-0.25, -0.2) is 0 Å². The largest absolute Gasteiger partial charge is 0.497 e. The van der Waals surface area contributed by atoms with E-state index in [1.807, 2.05) is 44.2 Å². The molecule has 0 aliphatic carbocycles. The Kier molecular flexibility index (Phi) is 5.23. The van der Waals surface area contributed by atoms with Gasteiger partial charge in [-0.1, -0.05) is 23.9 Å². The molecule has 25 heavy (non-hydrogen) atoms. The lowest BCUT2D eigenvalue weighted by Gasteiger charge is -2.00. The molecule has 0 aliphatic rings. The smallest absolute Gasteiger partial charge is 0.277 e. The third-order valence-electron chi connectivity index (χ3n) is 3.74. The van der Waals surface area contributed by atoms with Crippen LogP contribution < -0.4 is 4.74 Å². The van der Waals surface area contributed by atoms with Gasteiger partial charge in [-0.05, 0) is 37.6 Å². The van der Waals surface area contributed by atoms with Gasteiger partial charge in [-0.3, -0.25) is 4.79 Å². The molecular weight excluding hydrogens is 338 g/mol. The molecule has 0 bridgehead atoms. The summed E-state index contributed by atoms with van der Waals surface area (Å²) >= 11 is 1.26. The summed E-state index contributed by atoms with van der Waals surface area (Å²) in [5.41, 5.74) is 3.62. The van der Waals surface area contributed by atoms with Gasteiger partial charge < -0.3 is 14.1 Å². The van der Waals surface area contributed by atoms with Crippen LogP contribution in [0.5, 0.6) is 5.75 Å². The third-order valence-corrected chi connectivity index (χ3v) is 4.56. The minimum atomic E-state index is 0.0433. The fraction of sp³-hybridized carbons (Fsp3) is 0.278. The van der Waals surface area contributed by atoms with Gasteiger partial charge in [0.05, 0.1) is 19.3 Å². The van der Waals surface area contributed by atoms with Gasteiger partial charge in [-0.2, -0.15) is 0 Å². The van der Waals surface area contributed by atoms with Crippen molar-refractivity contribution in [2.75, 3.05) is 12.9 Å². The summed E-state index contributed by atoms with van der Waals surface area (Å²) in [6.07, 6.45) is 0.543. The number of nitrogens with zero attached hydrogens (tertiary/aromatic N) is 2. The van der Waals surface area contributed by atoms with E-state index in [2.05, 4.69) is 15.2 Å². The first-order chi connectivity index (χ1) is 12.0. The number of thioether (sulfide) groups is 1. The first-order valence-corrected chi connectivity index (χ1v) is 8.81. The summed E-state index contributed by atoms with van der Waals surface area (Å²) in [5.74, 6) is 1.64. The van der Waals surface area contributed by atoms with Crippen LogP contribution in [0.15, 0.2) is 40.0 Å². The number of hydrogen-bond acceptors (Lipinski definition) is 6. The maximum atomic E-state index is 12.3. The van der Waals surface area contributed by atoms with Gasteiger partial charge in [0.15, 0.2) is 5.78 Å². The molecule has 0 saturated carbocycles. The predicted octanol–water partition coefficient (Wildman–Crippen LogP) is 3.59. The third kappa shape index (κ3) is 4.30. The number of hydrogen-bond donors (Lipinski definition) is 1. The van der Waals surface area contributed by atoms with Crippen molar-refractivity contribution in [1.82, 2.24) is 15.2 Å². The molecule has 0 aliphatic heterocycles. The number of methoxy groups -OCH3 is 1. The Hall–Kier alpha value is -2.54. The summed E-state index contributed by atoms with van der Waals surface area (Å²) in [4.78, 5) is 15.4. The Morgan fingerprint density at radius 1 is 1.24 bits per heavy atom. The van der Waals surface area contributed by atoms with Crippen molar-refractivity contribution >= 4 is 17.5 Å². The highest BCUT2D eigenvalue weighted by atomic mass is 32.2. The van der Waals surface area contributed by atoms with Crippen LogP contribution in [0.1, 0.15) is 33.2 Å². The second-order valence-corrected chi connectivity index (χ2v) is 6.62. The van der Waals surface area contributed by atoms with E-state index in [9.17, 15) is 4.79 Å². The van der Waals surface area contributed by atoms with Crippen LogP contribution in [0.4, 0.5) is 0 Å².